The van der Waals surface area contributed by atoms with Crippen molar-refractivity contribution in [3.8, 4) is 5.69 Å². The van der Waals surface area contributed by atoms with Crippen molar-refractivity contribution in [2.24, 2.45) is 5.92 Å². The van der Waals surface area contributed by atoms with E-state index in [0.717, 1.165) is 65.4 Å². The van der Waals surface area contributed by atoms with Crippen LogP contribution in [0.3, 0.4) is 0 Å². The quantitative estimate of drug-likeness (QED) is 0.494. The molecule has 0 atom stereocenters. The van der Waals surface area contributed by atoms with E-state index in [-0.39, 0.29) is 11.8 Å². The molecular formula is C26H29N7O. The minimum absolute atomic E-state index is 0.0132. The van der Waals surface area contributed by atoms with Gasteiger partial charge < -0.3 is 10.2 Å². The van der Waals surface area contributed by atoms with Gasteiger partial charge in [-0.2, -0.15) is 10.2 Å². The van der Waals surface area contributed by atoms with E-state index in [0.29, 0.717) is 6.54 Å². The van der Waals surface area contributed by atoms with Crippen molar-refractivity contribution in [1.82, 2.24) is 30.3 Å². The number of amides is 1. The van der Waals surface area contributed by atoms with Gasteiger partial charge in [0.1, 0.15) is 5.52 Å². The van der Waals surface area contributed by atoms with Gasteiger partial charge >= 0.3 is 0 Å². The molecule has 1 aliphatic rings. The summed E-state index contributed by atoms with van der Waals surface area (Å²) in [7, 11) is 0. The van der Waals surface area contributed by atoms with Gasteiger partial charge in [0.2, 0.25) is 5.91 Å². The number of aryl methyl sites for hydroxylation is 3. The zero-order valence-corrected chi connectivity index (χ0v) is 19.8. The molecular weight excluding hydrogens is 426 g/mol. The minimum Gasteiger partial charge on any atom is -0.353 e. The minimum atomic E-state index is -0.0132. The number of nitrogens with one attached hydrogen (secondary N) is 1. The molecule has 1 aliphatic heterocycles. The van der Waals surface area contributed by atoms with Gasteiger partial charge in [0, 0.05) is 25.2 Å². The molecule has 34 heavy (non-hydrogen) atoms. The van der Waals surface area contributed by atoms with Gasteiger partial charge in [-0.1, -0.05) is 23.8 Å². The average Bonchev–Trinajstić information content (AvgIpc) is 3.22. The van der Waals surface area contributed by atoms with E-state index in [4.69, 9.17) is 5.10 Å². The monoisotopic (exact) mass is 455 g/mol. The fraction of sp³-hybridized carbons (Fsp3) is 0.346. The highest BCUT2D eigenvalue weighted by atomic mass is 16.1. The predicted molar refractivity (Wildman–Crippen MR) is 132 cm³/mol. The Morgan fingerprint density at radius 2 is 1.79 bits per heavy atom. The topological polar surface area (TPSA) is 88.8 Å². The molecule has 8 nitrogen and oxygen atoms in total. The molecule has 0 saturated carbocycles. The second-order valence-electron chi connectivity index (χ2n) is 8.97. The zero-order chi connectivity index (χ0) is 23.7. The number of carbonyl (C=O) groups excluding carboxylic acids is 1. The first-order chi connectivity index (χ1) is 16.5. The molecule has 5 rings (SSSR count). The lowest BCUT2D eigenvalue weighted by atomic mass is 9.95. The van der Waals surface area contributed by atoms with E-state index < -0.39 is 0 Å². The van der Waals surface area contributed by atoms with E-state index >= 15 is 0 Å². The summed E-state index contributed by atoms with van der Waals surface area (Å²) in [6.45, 7) is 8.07. The number of hydrogen-bond donors (Lipinski definition) is 1. The second kappa shape index (κ2) is 9.21. The Morgan fingerprint density at radius 1 is 1.03 bits per heavy atom. The van der Waals surface area contributed by atoms with Crippen LogP contribution in [-0.2, 0) is 11.3 Å². The first-order valence-electron chi connectivity index (χ1n) is 11.7. The lowest BCUT2D eigenvalue weighted by Crippen LogP contribution is -2.41. The number of aromatic nitrogens is 5. The number of benzene rings is 1. The third-order valence-corrected chi connectivity index (χ3v) is 6.60. The number of carbonyl (C=O) groups is 1. The van der Waals surface area contributed by atoms with Gasteiger partial charge in [-0.3, -0.25) is 9.78 Å². The van der Waals surface area contributed by atoms with Gasteiger partial charge in [-0.15, -0.1) is 5.10 Å². The van der Waals surface area contributed by atoms with Crippen LogP contribution in [0.15, 0.2) is 48.7 Å². The molecule has 4 aromatic rings. The number of pyridine rings is 1. The average molecular weight is 456 g/mol. The van der Waals surface area contributed by atoms with Crippen molar-refractivity contribution in [1.29, 1.82) is 0 Å². The first-order valence-corrected chi connectivity index (χ1v) is 11.7. The van der Waals surface area contributed by atoms with Crippen molar-refractivity contribution in [2.75, 3.05) is 18.0 Å². The van der Waals surface area contributed by atoms with Crippen LogP contribution in [0.1, 0.15) is 35.5 Å². The molecule has 174 valence electrons. The van der Waals surface area contributed by atoms with E-state index in [2.05, 4.69) is 63.5 Å². The van der Waals surface area contributed by atoms with Gasteiger partial charge in [-0.25, -0.2) is 4.68 Å². The summed E-state index contributed by atoms with van der Waals surface area (Å²) < 4.78 is 1.97. The Morgan fingerprint density at radius 3 is 2.50 bits per heavy atom. The predicted octanol–water partition coefficient (Wildman–Crippen LogP) is 3.67. The number of rotatable bonds is 5. The molecule has 0 unspecified atom stereocenters. The van der Waals surface area contributed by atoms with Crippen molar-refractivity contribution in [3.05, 3.63) is 71.3 Å². The van der Waals surface area contributed by atoms with E-state index in [9.17, 15) is 4.79 Å². The molecule has 8 heteroatoms. The molecule has 0 bridgehead atoms. The molecule has 1 fully saturated rings. The molecule has 0 spiro atoms. The number of nitrogens with zero attached hydrogens (tertiary/aromatic N) is 6. The smallest absolute Gasteiger partial charge is 0.223 e. The van der Waals surface area contributed by atoms with Gasteiger partial charge in [0.15, 0.2) is 5.82 Å². The molecule has 1 saturated heterocycles. The van der Waals surface area contributed by atoms with Crippen LogP contribution in [-0.4, -0.2) is 44.0 Å². The number of fused-ring (bicyclic) bond motifs is 1. The highest BCUT2D eigenvalue weighted by Crippen LogP contribution is 2.31. The van der Waals surface area contributed by atoms with Crippen molar-refractivity contribution in [3.63, 3.8) is 0 Å². The number of piperidine rings is 1. The molecule has 1 amide bonds. The van der Waals surface area contributed by atoms with Crippen molar-refractivity contribution in [2.45, 2.75) is 40.2 Å². The fourth-order valence-electron chi connectivity index (χ4n) is 4.64. The Hall–Kier alpha value is -3.81. The van der Waals surface area contributed by atoms with Crippen LogP contribution in [0.5, 0.6) is 0 Å². The Kier molecular flexibility index (Phi) is 5.96. The third-order valence-electron chi connectivity index (χ3n) is 6.60. The Bertz CT molecular complexity index is 1310. The van der Waals surface area contributed by atoms with Crippen LogP contribution in [0.25, 0.3) is 16.6 Å². The Labute approximate surface area is 199 Å². The van der Waals surface area contributed by atoms with E-state index in [1.807, 2.05) is 29.8 Å². The maximum absolute atomic E-state index is 12.7. The van der Waals surface area contributed by atoms with Gasteiger partial charge in [0.25, 0.3) is 0 Å². The summed E-state index contributed by atoms with van der Waals surface area (Å²) in [6, 6.07) is 14.1. The van der Waals surface area contributed by atoms with Crippen LogP contribution >= 0.6 is 0 Å². The normalized spacial score (nSPS) is 14.5. The summed E-state index contributed by atoms with van der Waals surface area (Å²) in [5.41, 5.74) is 5.89. The van der Waals surface area contributed by atoms with E-state index in [1.54, 1.807) is 6.20 Å². The highest BCUT2D eigenvalue weighted by Gasteiger charge is 2.28. The summed E-state index contributed by atoms with van der Waals surface area (Å²) in [5.74, 6) is 0.868. The fourth-order valence-corrected chi connectivity index (χ4v) is 4.64. The maximum Gasteiger partial charge on any atom is 0.223 e. The third kappa shape index (κ3) is 4.23. The van der Waals surface area contributed by atoms with E-state index in [1.165, 1.54) is 5.56 Å². The zero-order valence-electron chi connectivity index (χ0n) is 19.8. The largest absolute Gasteiger partial charge is 0.353 e. The molecule has 1 aromatic carbocycles. The lowest BCUT2D eigenvalue weighted by molar-refractivity contribution is -0.125. The summed E-state index contributed by atoms with van der Waals surface area (Å²) in [4.78, 5) is 19.2. The van der Waals surface area contributed by atoms with Crippen LogP contribution in [0.2, 0.25) is 0 Å². The summed E-state index contributed by atoms with van der Waals surface area (Å²) in [6.07, 6.45) is 3.27. The molecule has 1 N–H and O–H groups in total. The van der Waals surface area contributed by atoms with Crippen molar-refractivity contribution >= 4 is 22.6 Å². The van der Waals surface area contributed by atoms with Crippen LogP contribution < -0.4 is 10.2 Å². The molecule has 4 heterocycles. The van der Waals surface area contributed by atoms with Crippen LogP contribution in [0, 0.1) is 26.7 Å². The van der Waals surface area contributed by atoms with Crippen molar-refractivity contribution < 1.29 is 4.79 Å². The van der Waals surface area contributed by atoms with Gasteiger partial charge in [-0.05, 0) is 57.9 Å². The number of hydrogen-bond acceptors (Lipinski definition) is 6. The van der Waals surface area contributed by atoms with Gasteiger partial charge in [0.05, 0.1) is 34.7 Å². The summed E-state index contributed by atoms with van der Waals surface area (Å²) in [5, 5.41) is 18.0. The molecule has 0 aliphatic carbocycles. The van der Waals surface area contributed by atoms with Crippen LogP contribution in [0.4, 0.5) is 5.82 Å². The number of anilines is 1. The lowest BCUT2D eigenvalue weighted by Gasteiger charge is -2.31. The highest BCUT2D eigenvalue weighted by molar-refractivity contribution is 5.92. The standard InChI is InChI=1S/C26H29N7O/c1-17-7-9-22(10-8-17)33-19(3)23-18(2)29-30-25(24(23)31-33)32-14-11-20(12-15-32)26(34)28-16-21-6-4-5-13-27-21/h4-10,13,20H,11-12,14-16H2,1-3H3,(H,28,34). The first kappa shape index (κ1) is 22.0. The second-order valence-corrected chi connectivity index (χ2v) is 8.97. The molecule has 0 radical (unpaired) electrons. The Balaban J connectivity index is 1.33. The molecule has 3 aromatic heterocycles. The SMILES string of the molecule is Cc1ccc(-n2nc3c(N4CCC(C(=O)NCc5ccccn5)CC4)nnc(C)c3c2C)cc1. The summed E-state index contributed by atoms with van der Waals surface area (Å²) >= 11 is 0. The maximum atomic E-state index is 12.7.